The van der Waals surface area contributed by atoms with E-state index >= 15 is 0 Å². The summed E-state index contributed by atoms with van der Waals surface area (Å²) in [7, 11) is 0. The molecule has 0 aromatic heterocycles. The molecule has 1 saturated carbocycles. The predicted octanol–water partition coefficient (Wildman–Crippen LogP) is 3.98. The average molecular weight is 267 g/mol. The predicted molar refractivity (Wildman–Crippen MR) is 77.4 cm³/mol. The van der Waals surface area contributed by atoms with Gasteiger partial charge < -0.3 is 0 Å². The first-order valence-electron chi connectivity index (χ1n) is 6.84. The number of rotatable bonds is 3. The molecule has 0 saturated heterocycles. The summed E-state index contributed by atoms with van der Waals surface area (Å²) in [4.78, 5) is 0. The second-order valence-corrected chi connectivity index (χ2v) is 6.03. The first-order valence-corrected chi connectivity index (χ1v) is 7.22. The molecule has 1 aromatic rings. The lowest BCUT2D eigenvalue weighted by molar-refractivity contribution is 0.224. The van der Waals surface area contributed by atoms with Crippen molar-refractivity contribution < 1.29 is 0 Å². The van der Waals surface area contributed by atoms with E-state index in [1.165, 1.54) is 25.7 Å². The largest absolute Gasteiger partial charge is 0.271 e. The molecule has 0 radical (unpaired) electrons. The SMILES string of the molecule is Cc1cccc(C(NN)C2CCCC(C)C2)c1Cl. The van der Waals surface area contributed by atoms with Crippen LogP contribution in [0, 0.1) is 18.8 Å². The molecule has 18 heavy (non-hydrogen) atoms. The second-order valence-electron chi connectivity index (χ2n) is 5.65. The summed E-state index contributed by atoms with van der Waals surface area (Å²) in [6.45, 7) is 4.38. The fourth-order valence-corrected chi connectivity index (χ4v) is 3.42. The number of hydrogen-bond donors (Lipinski definition) is 2. The molecule has 0 amide bonds. The molecule has 0 bridgehead atoms. The van der Waals surface area contributed by atoms with Crippen molar-refractivity contribution in [2.24, 2.45) is 17.7 Å². The number of halogens is 1. The molecule has 0 heterocycles. The minimum atomic E-state index is 0.181. The van der Waals surface area contributed by atoms with E-state index in [1.54, 1.807) is 0 Å². The summed E-state index contributed by atoms with van der Waals surface area (Å²) >= 11 is 6.43. The fraction of sp³-hybridized carbons (Fsp3) is 0.600. The summed E-state index contributed by atoms with van der Waals surface area (Å²) < 4.78 is 0. The number of benzene rings is 1. The van der Waals surface area contributed by atoms with Crippen LogP contribution in [0.25, 0.3) is 0 Å². The van der Waals surface area contributed by atoms with Gasteiger partial charge in [-0.05, 0) is 42.7 Å². The van der Waals surface area contributed by atoms with Gasteiger partial charge in [0.15, 0.2) is 0 Å². The number of nitrogens with one attached hydrogen (secondary N) is 1. The normalized spacial score (nSPS) is 26.0. The van der Waals surface area contributed by atoms with Crippen molar-refractivity contribution in [3.63, 3.8) is 0 Å². The highest BCUT2D eigenvalue weighted by molar-refractivity contribution is 6.32. The Morgan fingerprint density at radius 2 is 2.17 bits per heavy atom. The first kappa shape index (κ1) is 13.9. The van der Waals surface area contributed by atoms with E-state index in [4.69, 9.17) is 17.4 Å². The van der Waals surface area contributed by atoms with Crippen LogP contribution in [0.15, 0.2) is 18.2 Å². The standard InChI is InChI=1S/C15H23ClN2/c1-10-5-3-7-12(9-10)15(18-17)13-8-4-6-11(2)14(13)16/h4,6,8,10,12,15,18H,3,5,7,9,17H2,1-2H3. The Balaban J connectivity index is 2.24. The number of hydrogen-bond acceptors (Lipinski definition) is 2. The maximum absolute atomic E-state index is 6.43. The van der Waals surface area contributed by atoms with E-state index in [0.29, 0.717) is 5.92 Å². The van der Waals surface area contributed by atoms with E-state index in [1.807, 2.05) is 13.0 Å². The van der Waals surface area contributed by atoms with E-state index in [0.717, 1.165) is 22.1 Å². The molecular formula is C15H23ClN2. The lowest BCUT2D eigenvalue weighted by Crippen LogP contribution is -2.35. The third kappa shape index (κ3) is 2.87. The van der Waals surface area contributed by atoms with Gasteiger partial charge in [0.05, 0.1) is 6.04 Å². The minimum absolute atomic E-state index is 0.181. The third-order valence-electron chi connectivity index (χ3n) is 4.18. The van der Waals surface area contributed by atoms with Gasteiger partial charge in [-0.15, -0.1) is 0 Å². The zero-order valence-corrected chi connectivity index (χ0v) is 12.0. The molecule has 3 N–H and O–H groups in total. The van der Waals surface area contributed by atoms with Gasteiger partial charge >= 0.3 is 0 Å². The Labute approximate surface area is 115 Å². The fourth-order valence-electron chi connectivity index (χ4n) is 3.17. The molecule has 3 unspecified atom stereocenters. The van der Waals surface area contributed by atoms with Gasteiger partial charge in [-0.3, -0.25) is 11.3 Å². The average Bonchev–Trinajstić information content (AvgIpc) is 2.35. The van der Waals surface area contributed by atoms with Crippen molar-refractivity contribution >= 4 is 11.6 Å². The number of nitrogens with two attached hydrogens (primary N) is 1. The molecule has 2 rings (SSSR count). The van der Waals surface area contributed by atoms with Gasteiger partial charge in [0.25, 0.3) is 0 Å². The molecule has 3 heteroatoms. The van der Waals surface area contributed by atoms with Crippen molar-refractivity contribution in [3.8, 4) is 0 Å². The highest BCUT2D eigenvalue weighted by Crippen LogP contribution is 2.39. The van der Waals surface area contributed by atoms with Crippen molar-refractivity contribution in [3.05, 3.63) is 34.3 Å². The Kier molecular flexibility index (Phi) is 4.66. The summed E-state index contributed by atoms with van der Waals surface area (Å²) in [5.41, 5.74) is 5.27. The van der Waals surface area contributed by atoms with E-state index < -0.39 is 0 Å². The molecule has 1 aromatic carbocycles. The molecule has 1 aliphatic rings. The van der Waals surface area contributed by atoms with Crippen LogP contribution in [-0.2, 0) is 0 Å². The van der Waals surface area contributed by atoms with Crippen molar-refractivity contribution in [1.29, 1.82) is 0 Å². The van der Waals surface area contributed by atoms with Crippen molar-refractivity contribution in [2.75, 3.05) is 0 Å². The summed E-state index contributed by atoms with van der Waals surface area (Å²) in [5.74, 6) is 7.18. The summed E-state index contributed by atoms with van der Waals surface area (Å²) in [6.07, 6.45) is 5.12. The van der Waals surface area contributed by atoms with E-state index in [2.05, 4.69) is 24.5 Å². The molecule has 3 atom stereocenters. The number of hydrazine groups is 1. The molecule has 100 valence electrons. The monoisotopic (exact) mass is 266 g/mol. The maximum atomic E-state index is 6.43. The zero-order valence-electron chi connectivity index (χ0n) is 11.2. The Hall–Kier alpha value is -0.570. The van der Waals surface area contributed by atoms with E-state index in [-0.39, 0.29) is 6.04 Å². The smallest absolute Gasteiger partial charge is 0.0503 e. The van der Waals surface area contributed by atoms with Crippen LogP contribution in [0.1, 0.15) is 49.8 Å². The molecule has 0 aliphatic heterocycles. The summed E-state index contributed by atoms with van der Waals surface area (Å²) in [6, 6.07) is 6.38. The molecule has 1 aliphatic carbocycles. The zero-order chi connectivity index (χ0) is 13.1. The van der Waals surface area contributed by atoms with Crippen LogP contribution in [0.4, 0.5) is 0 Å². The molecular weight excluding hydrogens is 244 g/mol. The minimum Gasteiger partial charge on any atom is -0.271 e. The lowest BCUT2D eigenvalue weighted by Gasteiger charge is -2.33. The molecule has 1 fully saturated rings. The van der Waals surface area contributed by atoms with Gasteiger partial charge in [0.2, 0.25) is 0 Å². The quantitative estimate of drug-likeness (QED) is 0.642. The molecule has 0 spiro atoms. The van der Waals surface area contributed by atoms with Crippen LogP contribution in [0.2, 0.25) is 5.02 Å². The Bertz CT molecular complexity index is 405. The highest BCUT2D eigenvalue weighted by Gasteiger charge is 2.28. The Morgan fingerprint density at radius 1 is 1.39 bits per heavy atom. The summed E-state index contributed by atoms with van der Waals surface area (Å²) in [5, 5.41) is 0.860. The first-order chi connectivity index (χ1) is 8.63. The topological polar surface area (TPSA) is 38.0 Å². The lowest BCUT2D eigenvalue weighted by atomic mass is 9.77. The van der Waals surface area contributed by atoms with Crippen LogP contribution in [0.3, 0.4) is 0 Å². The highest BCUT2D eigenvalue weighted by atomic mass is 35.5. The van der Waals surface area contributed by atoms with Crippen molar-refractivity contribution in [1.82, 2.24) is 5.43 Å². The Morgan fingerprint density at radius 3 is 2.83 bits per heavy atom. The van der Waals surface area contributed by atoms with Gasteiger partial charge in [-0.1, -0.05) is 49.6 Å². The van der Waals surface area contributed by atoms with Gasteiger partial charge in [0.1, 0.15) is 0 Å². The molecule has 2 nitrogen and oxygen atoms in total. The van der Waals surface area contributed by atoms with Crippen LogP contribution >= 0.6 is 11.6 Å². The van der Waals surface area contributed by atoms with Crippen molar-refractivity contribution in [2.45, 2.75) is 45.6 Å². The van der Waals surface area contributed by atoms with Gasteiger partial charge in [0, 0.05) is 5.02 Å². The van der Waals surface area contributed by atoms with Gasteiger partial charge in [-0.2, -0.15) is 0 Å². The van der Waals surface area contributed by atoms with Crippen LogP contribution < -0.4 is 11.3 Å². The van der Waals surface area contributed by atoms with Crippen LogP contribution in [-0.4, -0.2) is 0 Å². The van der Waals surface area contributed by atoms with Crippen LogP contribution in [0.5, 0.6) is 0 Å². The number of aryl methyl sites for hydroxylation is 1. The van der Waals surface area contributed by atoms with E-state index in [9.17, 15) is 0 Å². The maximum Gasteiger partial charge on any atom is 0.0503 e. The second kappa shape index (κ2) is 6.05. The van der Waals surface area contributed by atoms with Gasteiger partial charge in [-0.25, -0.2) is 0 Å². The third-order valence-corrected chi connectivity index (χ3v) is 4.70.